The quantitative estimate of drug-likeness (QED) is 0.731. The molecule has 4 N–H and O–H groups in total. The number of benzene rings is 1. The van der Waals surface area contributed by atoms with Crippen LogP contribution in [0.1, 0.15) is 25.8 Å². The Kier molecular flexibility index (Phi) is 5.14. The van der Waals surface area contributed by atoms with Crippen molar-refractivity contribution in [3.8, 4) is 0 Å². The number of nitrogens with two attached hydrogens (primary N) is 1. The molecule has 0 aliphatic heterocycles. The predicted molar refractivity (Wildman–Crippen MR) is 72.3 cm³/mol. The van der Waals surface area contributed by atoms with Gasteiger partial charge in [-0.15, -0.1) is 0 Å². The molecule has 1 rings (SSSR count). The highest BCUT2D eigenvalue weighted by Crippen LogP contribution is 2.23. The number of halogens is 1. The second-order valence-corrected chi connectivity index (χ2v) is 4.88. The van der Waals surface area contributed by atoms with Gasteiger partial charge in [0, 0.05) is 11.6 Å². The third-order valence-corrected chi connectivity index (χ3v) is 3.29. The number of nitrogens with one attached hydrogen (secondary N) is 1. The Morgan fingerprint density at radius 1 is 1.61 bits per heavy atom. The predicted octanol–water partition coefficient (Wildman–Crippen LogP) is 1.40. The van der Waals surface area contributed by atoms with Crippen LogP contribution in [0.3, 0.4) is 0 Å². The smallest absolute Gasteiger partial charge is 0.242 e. The van der Waals surface area contributed by atoms with Gasteiger partial charge < -0.3 is 10.8 Å². The molecular weight excluding hydrogens is 252 g/mol. The third kappa shape index (κ3) is 3.45. The molecule has 4 nitrogen and oxygen atoms in total. The molecule has 2 atom stereocenters. The molecule has 0 spiro atoms. The molecule has 0 fully saturated rings. The van der Waals surface area contributed by atoms with Crippen LogP contribution in [0.5, 0.6) is 0 Å². The fourth-order valence-electron chi connectivity index (χ4n) is 1.60. The Hall–Kier alpha value is -1.10. The van der Waals surface area contributed by atoms with Gasteiger partial charge in [-0.2, -0.15) is 0 Å². The molecule has 100 valence electrons. The summed E-state index contributed by atoms with van der Waals surface area (Å²) in [6, 6.07) is 6.96. The zero-order valence-corrected chi connectivity index (χ0v) is 11.4. The minimum absolute atomic E-state index is 0.294. The van der Waals surface area contributed by atoms with Crippen molar-refractivity contribution in [3.63, 3.8) is 0 Å². The Bertz CT molecular complexity index is 425. The van der Waals surface area contributed by atoms with Crippen molar-refractivity contribution in [2.75, 3.05) is 6.54 Å². The summed E-state index contributed by atoms with van der Waals surface area (Å²) in [5.41, 5.74) is 5.10. The van der Waals surface area contributed by atoms with E-state index in [2.05, 4.69) is 5.32 Å². The summed E-state index contributed by atoms with van der Waals surface area (Å²) >= 11 is 5.92. The van der Waals surface area contributed by atoms with Crippen LogP contribution in [-0.2, 0) is 10.3 Å². The fourth-order valence-corrected chi connectivity index (χ4v) is 1.79. The maximum atomic E-state index is 11.7. The highest BCUT2D eigenvalue weighted by Gasteiger charge is 2.33. The number of hydrogen-bond donors (Lipinski definition) is 3. The number of carbonyl (C=O) groups is 1. The molecule has 1 aromatic carbocycles. The number of rotatable bonds is 6. The molecule has 1 amide bonds. The lowest BCUT2D eigenvalue weighted by Gasteiger charge is -2.29. The second kappa shape index (κ2) is 6.18. The average Bonchev–Trinajstić information content (AvgIpc) is 2.35. The summed E-state index contributed by atoms with van der Waals surface area (Å²) in [6.07, 6.45) is 0.0973. The van der Waals surface area contributed by atoms with Crippen LogP contribution in [0.15, 0.2) is 24.3 Å². The van der Waals surface area contributed by atoms with E-state index in [9.17, 15) is 9.90 Å². The first-order valence-electron chi connectivity index (χ1n) is 5.89. The lowest BCUT2D eigenvalue weighted by Crippen LogP contribution is -2.52. The van der Waals surface area contributed by atoms with Crippen molar-refractivity contribution in [2.45, 2.75) is 31.9 Å². The number of aliphatic hydroxyl groups excluding tert-OH is 1. The Morgan fingerprint density at radius 3 is 2.78 bits per heavy atom. The van der Waals surface area contributed by atoms with Gasteiger partial charge in [0.15, 0.2) is 0 Å². The number of hydrogen-bond acceptors (Lipinski definition) is 3. The van der Waals surface area contributed by atoms with Crippen LogP contribution in [0, 0.1) is 0 Å². The molecule has 0 saturated heterocycles. The van der Waals surface area contributed by atoms with Crippen molar-refractivity contribution in [2.24, 2.45) is 5.73 Å². The lowest BCUT2D eigenvalue weighted by atomic mass is 9.91. The first kappa shape index (κ1) is 15.0. The molecule has 0 radical (unpaired) electrons. The molecular formula is C13H19ClN2O2. The Labute approximate surface area is 112 Å². The number of carbonyl (C=O) groups excluding carboxylic acids is 1. The molecule has 0 aromatic heterocycles. The molecule has 5 heteroatoms. The summed E-state index contributed by atoms with van der Waals surface area (Å²) in [6.45, 7) is 3.85. The molecule has 2 unspecified atom stereocenters. The maximum absolute atomic E-state index is 11.7. The third-order valence-electron chi connectivity index (χ3n) is 3.06. The molecule has 0 aliphatic rings. The lowest BCUT2D eigenvalue weighted by molar-refractivity contribution is -0.124. The van der Waals surface area contributed by atoms with E-state index in [1.54, 1.807) is 31.2 Å². The van der Waals surface area contributed by atoms with E-state index in [0.29, 0.717) is 23.6 Å². The van der Waals surface area contributed by atoms with Crippen molar-refractivity contribution >= 4 is 17.5 Å². The molecule has 0 saturated carbocycles. The van der Waals surface area contributed by atoms with E-state index in [4.69, 9.17) is 17.3 Å². The zero-order valence-electron chi connectivity index (χ0n) is 10.6. The van der Waals surface area contributed by atoms with Crippen LogP contribution >= 0.6 is 11.6 Å². The van der Waals surface area contributed by atoms with E-state index in [-0.39, 0.29) is 0 Å². The Balaban J connectivity index is 2.97. The van der Waals surface area contributed by atoms with Gasteiger partial charge >= 0.3 is 0 Å². The van der Waals surface area contributed by atoms with E-state index < -0.39 is 17.6 Å². The maximum Gasteiger partial charge on any atom is 0.242 e. The van der Waals surface area contributed by atoms with Gasteiger partial charge in [-0.25, -0.2) is 0 Å². The zero-order chi connectivity index (χ0) is 13.8. The average molecular weight is 271 g/mol. The topological polar surface area (TPSA) is 75.3 Å². The van der Waals surface area contributed by atoms with E-state index in [1.807, 2.05) is 6.92 Å². The summed E-state index contributed by atoms with van der Waals surface area (Å²) in [5, 5.41) is 13.1. The van der Waals surface area contributed by atoms with Gasteiger partial charge in [0.2, 0.25) is 5.91 Å². The standard InChI is InChI=1S/C13H19ClN2O2/c1-3-11(17)8-16-13(2,12(15)18)9-5-4-6-10(14)7-9/h4-7,11,16-17H,3,8H2,1-2H3,(H2,15,18). The highest BCUT2D eigenvalue weighted by molar-refractivity contribution is 6.30. The SMILES string of the molecule is CCC(O)CNC(C)(C(N)=O)c1cccc(Cl)c1. The van der Waals surface area contributed by atoms with Gasteiger partial charge in [0.25, 0.3) is 0 Å². The van der Waals surface area contributed by atoms with E-state index >= 15 is 0 Å². The fraction of sp³-hybridized carbons (Fsp3) is 0.462. The molecule has 0 bridgehead atoms. The van der Waals surface area contributed by atoms with Gasteiger partial charge in [0.05, 0.1) is 6.10 Å². The van der Waals surface area contributed by atoms with Crippen molar-refractivity contribution < 1.29 is 9.90 Å². The summed E-state index contributed by atoms with van der Waals surface area (Å²) in [5.74, 6) is -0.506. The van der Waals surface area contributed by atoms with Gasteiger partial charge in [0.1, 0.15) is 5.54 Å². The van der Waals surface area contributed by atoms with E-state index in [0.717, 1.165) is 0 Å². The first-order chi connectivity index (χ1) is 8.40. The highest BCUT2D eigenvalue weighted by atomic mass is 35.5. The summed E-state index contributed by atoms with van der Waals surface area (Å²) in [7, 11) is 0. The largest absolute Gasteiger partial charge is 0.392 e. The molecule has 0 heterocycles. The monoisotopic (exact) mass is 270 g/mol. The summed E-state index contributed by atoms with van der Waals surface area (Å²) < 4.78 is 0. The van der Waals surface area contributed by atoms with Crippen LogP contribution in [0.4, 0.5) is 0 Å². The minimum atomic E-state index is -1.04. The first-order valence-corrected chi connectivity index (χ1v) is 6.27. The Morgan fingerprint density at radius 2 is 2.28 bits per heavy atom. The van der Waals surface area contributed by atoms with Crippen molar-refractivity contribution in [1.29, 1.82) is 0 Å². The van der Waals surface area contributed by atoms with Gasteiger partial charge in [-0.05, 0) is 31.0 Å². The molecule has 0 aliphatic carbocycles. The van der Waals surface area contributed by atoms with Gasteiger partial charge in [-0.1, -0.05) is 30.7 Å². The van der Waals surface area contributed by atoms with Crippen molar-refractivity contribution in [1.82, 2.24) is 5.32 Å². The van der Waals surface area contributed by atoms with Crippen LogP contribution in [0.25, 0.3) is 0 Å². The molecule has 1 aromatic rings. The molecule has 18 heavy (non-hydrogen) atoms. The minimum Gasteiger partial charge on any atom is -0.392 e. The number of amides is 1. The summed E-state index contributed by atoms with van der Waals surface area (Å²) in [4.78, 5) is 11.7. The number of primary amides is 1. The van der Waals surface area contributed by atoms with Gasteiger partial charge in [-0.3, -0.25) is 10.1 Å². The normalized spacial score (nSPS) is 16.0. The van der Waals surface area contributed by atoms with Crippen LogP contribution < -0.4 is 11.1 Å². The second-order valence-electron chi connectivity index (χ2n) is 4.44. The van der Waals surface area contributed by atoms with Crippen LogP contribution in [-0.4, -0.2) is 23.7 Å². The number of aliphatic hydroxyl groups is 1. The van der Waals surface area contributed by atoms with Crippen LogP contribution in [0.2, 0.25) is 5.02 Å². The van der Waals surface area contributed by atoms with E-state index in [1.165, 1.54) is 0 Å². The van der Waals surface area contributed by atoms with Crippen molar-refractivity contribution in [3.05, 3.63) is 34.9 Å².